The smallest absolute Gasteiger partial charge is 0.127 e. The van der Waals surface area contributed by atoms with Gasteiger partial charge in [-0.1, -0.05) is 170 Å². The number of anilines is 6. The molecule has 0 aliphatic carbocycles. The summed E-state index contributed by atoms with van der Waals surface area (Å²) >= 11 is 0. The third-order valence-electron chi connectivity index (χ3n) is 11.4. The standard InChI is InChI=1S/C60H44N2O/c1-5-13-45(14-6-1)49-21-29-53(30-22-49)61(54-31-23-50(24-32-54)46-15-7-2-8-16-46)57-37-41-59(42-38-57)63-60-43-39-58(40-44-60)62(55-33-25-51(26-34-55)47-17-9-3-10-18-47)56-35-27-52(28-36-56)48-19-11-4-12-20-48/h1-44H. The van der Waals surface area contributed by atoms with E-state index in [1.165, 1.54) is 44.5 Å². The highest BCUT2D eigenvalue weighted by atomic mass is 16.5. The number of hydrogen-bond acceptors (Lipinski definition) is 3. The van der Waals surface area contributed by atoms with Gasteiger partial charge in [0.05, 0.1) is 0 Å². The second-order valence-electron chi connectivity index (χ2n) is 15.4. The molecule has 0 bridgehead atoms. The van der Waals surface area contributed by atoms with Crippen LogP contribution in [-0.2, 0) is 0 Å². The van der Waals surface area contributed by atoms with E-state index in [-0.39, 0.29) is 0 Å². The van der Waals surface area contributed by atoms with E-state index >= 15 is 0 Å². The predicted molar refractivity (Wildman–Crippen MR) is 264 cm³/mol. The van der Waals surface area contributed by atoms with Crippen LogP contribution in [0.5, 0.6) is 11.5 Å². The fourth-order valence-corrected chi connectivity index (χ4v) is 8.09. The first-order valence-corrected chi connectivity index (χ1v) is 21.3. The lowest BCUT2D eigenvalue weighted by atomic mass is 10.0. The molecular formula is C60H44N2O. The van der Waals surface area contributed by atoms with Gasteiger partial charge < -0.3 is 14.5 Å². The highest BCUT2D eigenvalue weighted by Crippen LogP contribution is 2.40. The fraction of sp³-hybridized carbons (Fsp3) is 0. The Morgan fingerprint density at radius 3 is 0.556 bits per heavy atom. The van der Waals surface area contributed by atoms with E-state index in [1.807, 2.05) is 24.3 Å². The lowest BCUT2D eigenvalue weighted by Crippen LogP contribution is -2.10. The van der Waals surface area contributed by atoms with Gasteiger partial charge in [-0.2, -0.15) is 0 Å². The first kappa shape index (κ1) is 38.8. The van der Waals surface area contributed by atoms with Crippen LogP contribution in [0.4, 0.5) is 34.1 Å². The van der Waals surface area contributed by atoms with Crippen molar-refractivity contribution in [1.29, 1.82) is 0 Å². The maximum absolute atomic E-state index is 6.49. The Kier molecular flexibility index (Phi) is 11.1. The Hall–Kier alpha value is -8.40. The molecule has 0 aromatic heterocycles. The quantitative estimate of drug-likeness (QED) is 0.122. The number of hydrogen-bond donors (Lipinski definition) is 0. The van der Waals surface area contributed by atoms with E-state index < -0.39 is 0 Å². The van der Waals surface area contributed by atoms with Crippen molar-refractivity contribution in [3.8, 4) is 56.0 Å². The zero-order valence-electron chi connectivity index (χ0n) is 34.7. The first-order chi connectivity index (χ1) is 31.2. The van der Waals surface area contributed by atoms with Gasteiger partial charge in [0, 0.05) is 34.1 Å². The molecule has 0 heterocycles. The van der Waals surface area contributed by atoms with Crippen molar-refractivity contribution >= 4 is 34.1 Å². The lowest BCUT2D eigenvalue weighted by molar-refractivity contribution is 0.483. The summed E-state index contributed by atoms with van der Waals surface area (Å²) in [4.78, 5) is 4.57. The minimum Gasteiger partial charge on any atom is -0.457 e. The average molecular weight is 809 g/mol. The van der Waals surface area contributed by atoms with Gasteiger partial charge in [0.25, 0.3) is 0 Å². The molecule has 0 amide bonds. The zero-order chi connectivity index (χ0) is 42.2. The van der Waals surface area contributed by atoms with E-state index in [2.05, 4.69) is 252 Å². The highest BCUT2D eigenvalue weighted by molar-refractivity contribution is 5.82. The summed E-state index contributed by atoms with van der Waals surface area (Å²) in [7, 11) is 0. The van der Waals surface area contributed by atoms with Gasteiger partial charge in [-0.05, 0) is 142 Å². The fourth-order valence-electron chi connectivity index (χ4n) is 8.09. The van der Waals surface area contributed by atoms with Crippen LogP contribution in [0, 0.1) is 0 Å². The Bertz CT molecular complexity index is 2610. The second-order valence-corrected chi connectivity index (χ2v) is 15.4. The van der Waals surface area contributed by atoms with Gasteiger partial charge >= 0.3 is 0 Å². The van der Waals surface area contributed by atoms with Crippen molar-refractivity contribution in [2.45, 2.75) is 0 Å². The van der Waals surface area contributed by atoms with Gasteiger partial charge in [-0.15, -0.1) is 0 Å². The molecule has 0 aliphatic rings. The zero-order valence-corrected chi connectivity index (χ0v) is 34.7. The molecule has 0 aliphatic heterocycles. The average Bonchev–Trinajstić information content (AvgIpc) is 3.37. The molecule has 0 saturated heterocycles. The van der Waals surface area contributed by atoms with Gasteiger partial charge in [0.2, 0.25) is 0 Å². The molecule has 0 spiro atoms. The number of nitrogens with zero attached hydrogens (tertiary/aromatic N) is 2. The molecule has 10 aromatic rings. The number of rotatable bonds is 12. The molecule has 0 atom stereocenters. The van der Waals surface area contributed by atoms with Crippen LogP contribution in [-0.4, -0.2) is 0 Å². The Morgan fingerprint density at radius 1 is 0.175 bits per heavy atom. The molecular weight excluding hydrogens is 765 g/mol. The van der Waals surface area contributed by atoms with E-state index in [0.29, 0.717) is 0 Å². The topological polar surface area (TPSA) is 15.7 Å². The summed E-state index contributed by atoms with van der Waals surface area (Å²) in [6.45, 7) is 0. The molecule has 3 nitrogen and oxygen atoms in total. The molecule has 300 valence electrons. The largest absolute Gasteiger partial charge is 0.457 e. The SMILES string of the molecule is c1ccc(-c2ccc(N(c3ccc(Oc4ccc(N(c5ccc(-c6ccccc6)cc5)c5ccc(-c6ccccc6)cc5)cc4)cc3)c3ccc(-c4ccccc4)cc3)cc2)cc1. The second kappa shape index (κ2) is 18.1. The summed E-state index contributed by atoms with van der Waals surface area (Å²) in [5.74, 6) is 1.52. The maximum atomic E-state index is 6.49. The number of ether oxygens (including phenoxy) is 1. The van der Waals surface area contributed by atoms with Crippen molar-refractivity contribution in [2.75, 3.05) is 9.80 Å². The molecule has 0 unspecified atom stereocenters. The van der Waals surface area contributed by atoms with Crippen molar-refractivity contribution in [1.82, 2.24) is 0 Å². The molecule has 0 saturated carbocycles. The van der Waals surface area contributed by atoms with Crippen LogP contribution in [0.15, 0.2) is 267 Å². The van der Waals surface area contributed by atoms with Crippen LogP contribution in [0.3, 0.4) is 0 Å². The van der Waals surface area contributed by atoms with E-state index in [0.717, 1.165) is 45.6 Å². The van der Waals surface area contributed by atoms with Gasteiger partial charge in [0.1, 0.15) is 11.5 Å². The van der Waals surface area contributed by atoms with Crippen LogP contribution < -0.4 is 14.5 Å². The Balaban J connectivity index is 0.919. The van der Waals surface area contributed by atoms with Crippen LogP contribution in [0.25, 0.3) is 44.5 Å². The molecule has 63 heavy (non-hydrogen) atoms. The summed E-state index contributed by atoms with van der Waals surface area (Å²) in [5, 5.41) is 0. The maximum Gasteiger partial charge on any atom is 0.127 e. The summed E-state index contributed by atoms with van der Waals surface area (Å²) in [5.41, 5.74) is 15.8. The normalized spacial score (nSPS) is 10.9. The first-order valence-electron chi connectivity index (χ1n) is 21.3. The van der Waals surface area contributed by atoms with Gasteiger partial charge in [-0.25, -0.2) is 0 Å². The van der Waals surface area contributed by atoms with Crippen molar-refractivity contribution in [2.24, 2.45) is 0 Å². The molecule has 10 rings (SSSR count). The molecule has 3 heteroatoms. The molecule has 0 N–H and O–H groups in total. The van der Waals surface area contributed by atoms with Crippen molar-refractivity contribution in [3.63, 3.8) is 0 Å². The minimum absolute atomic E-state index is 0.759. The summed E-state index contributed by atoms with van der Waals surface area (Å²) in [6, 6.07) is 93.7. The minimum atomic E-state index is 0.759. The third-order valence-corrected chi connectivity index (χ3v) is 11.4. The van der Waals surface area contributed by atoms with Gasteiger partial charge in [-0.3, -0.25) is 0 Å². The molecule has 0 radical (unpaired) electrons. The summed E-state index contributed by atoms with van der Waals surface area (Å²) < 4.78 is 6.49. The molecule has 10 aromatic carbocycles. The van der Waals surface area contributed by atoms with Crippen molar-refractivity contribution < 1.29 is 4.74 Å². The van der Waals surface area contributed by atoms with E-state index in [4.69, 9.17) is 4.74 Å². The van der Waals surface area contributed by atoms with Crippen LogP contribution in [0.2, 0.25) is 0 Å². The highest BCUT2D eigenvalue weighted by Gasteiger charge is 2.16. The number of benzene rings is 10. The Labute approximate surface area is 370 Å². The van der Waals surface area contributed by atoms with E-state index in [1.54, 1.807) is 0 Å². The van der Waals surface area contributed by atoms with Crippen LogP contribution >= 0.6 is 0 Å². The van der Waals surface area contributed by atoms with E-state index in [9.17, 15) is 0 Å². The summed E-state index contributed by atoms with van der Waals surface area (Å²) in [6.07, 6.45) is 0. The third kappa shape index (κ3) is 8.77. The monoisotopic (exact) mass is 808 g/mol. The molecule has 0 fully saturated rings. The van der Waals surface area contributed by atoms with Gasteiger partial charge in [0.15, 0.2) is 0 Å². The predicted octanol–water partition coefficient (Wildman–Crippen LogP) is 17.1. The lowest BCUT2D eigenvalue weighted by Gasteiger charge is -2.26. The van der Waals surface area contributed by atoms with Crippen LogP contribution in [0.1, 0.15) is 0 Å². The Morgan fingerprint density at radius 2 is 0.349 bits per heavy atom. The van der Waals surface area contributed by atoms with Crippen molar-refractivity contribution in [3.05, 3.63) is 267 Å².